The molecule has 0 unspecified atom stereocenters. The maximum absolute atomic E-state index is 11.6. The van der Waals surface area contributed by atoms with Gasteiger partial charge in [0.2, 0.25) is 5.24 Å². The van der Waals surface area contributed by atoms with Crippen LogP contribution in [0.4, 0.5) is 0 Å². The second-order valence-corrected chi connectivity index (χ2v) is 6.41. The van der Waals surface area contributed by atoms with E-state index in [1.54, 1.807) is 7.11 Å². The van der Waals surface area contributed by atoms with Gasteiger partial charge in [-0.1, -0.05) is 12.1 Å². The minimum Gasteiger partial charge on any atom is -0.497 e. The third-order valence-electron chi connectivity index (χ3n) is 5.37. The molecule has 0 heterocycles. The standard InChI is InChI=1S/C16H19ClO2/c1-19-13-4-2-12(3-5-13)15-6-9-16(10-7-15,11-8-15)14(17)18/h2-5H,6-11H2,1H3. The maximum atomic E-state index is 11.6. The number of methoxy groups -OCH3 is 1. The summed E-state index contributed by atoms with van der Waals surface area (Å²) in [6, 6.07) is 8.43. The number of ether oxygens (including phenoxy) is 1. The van der Waals surface area contributed by atoms with Gasteiger partial charge in [0.15, 0.2) is 0 Å². The predicted octanol–water partition coefficient (Wildman–Crippen LogP) is 4.05. The molecule has 0 radical (unpaired) electrons. The van der Waals surface area contributed by atoms with E-state index in [-0.39, 0.29) is 16.1 Å². The number of rotatable bonds is 3. The summed E-state index contributed by atoms with van der Waals surface area (Å²) in [6.07, 6.45) is 6.08. The number of carbonyl (C=O) groups is 1. The van der Waals surface area contributed by atoms with Crippen LogP contribution in [0.5, 0.6) is 5.75 Å². The van der Waals surface area contributed by atoms with Crippen LogP contribution in [0.15, 0.2) is 24.3 Å². The zero-order valence-electron chi connectivity index (χ0n) is 11.2. The van der Waals surface area contributed by atoms with Gasteiger partial charge in [0, 0.05) is 5.41 Å². The highest BCUT2D eigenvalue weighted by Gasteiger charge is 2.52. The molecule has 0 saturated heterocycles. The van der Waals surface area contributed by atoms with Crippen LogP contribution in [0.1, 0.15) is 44.1 Å². The Bertz CT molecular complexity index is 467. The lowest BCUT2D eigenvalue weighted by molar-refractivity contribution is -0.126. The molecule has 0 aliphatic heterocycles. The van der Waals surface area contributed by atoms with Gasteiger partial charge in [0.05, 0.1) is 7.11 Å². The number of benzene rings is 1. The smallest absolute Gasteiger partial charge is 0.227 e. The second-order valence-electron chi connectivity index (χ2n) is 6.06. The summed E-state index contributed by atoms with van der Waals surface area (Å²) in [4.78, 5) is 11.6. The Morgan fingerprint density at radius 2 is 1.58 bits per heavy atom. The lowest BCUT2D eigenvalue weighted by Gasteiger charge is -2.52. The van der Waals surface area contributed by atoms with E-state index >= 15 is 0 Å². The van der Waals surface area contributed by atoms with Crippen molar-refractivity contribution in [1.82, 2.24) is 0 Å². The van der Waals surface area contributed by atoms with Crippen molar-refractivity contribution in [3.8, 4) is 5.75 Å². The monoisotopic (exact) mass is 278 g/mol. The highest BCUT2D eigenvalue weighted by Crippen LogP contribution is 2.58. The molecule has 0 atom stereocenters. The zero-order chi connectivity index (χ0) is 13.5. The third kappa shape index (κ3) is 1.97. The number of halogens is 1. The summed E-state index contributed by atoms with van der Waals surface area (Å²) in [5.41, 5.74) is 1.44. The molecule has 3 saturated carbocycles. The van der Waals surface area contributed by atoms with Gasteiger partial charge in [-0.25, -0.2) is 0 Å². The molecule has 0 N–H and O–H groups in total. The van der Waals surface area contributed by atoms with Crippen LogP contribution in [0.25, 0.3) is 0 Å². The van der Waals surface area contributed by atoms with Crippen molar-refractivity contribution in [1.29, 1.82) is 0 Å². The van der Waals surface area contributed by atoms with Crippen molar-refractivity contribution in [3.63, 3.8) is 0 Å². The summed E-state index contributed by atoms with van der Waals surface area (Å²) >= 11 is 5.81. The Balaban J connectivity index is 1.85. The Kier molecular flexibility index (Phi) is 3.09. The fraction of sp³-hybridized carbons (Fsp3) is 0.562. The largest absolute Gasteiger partial charge is 0.497 e. The van der Waals surface area contributed by atoms with Crippen molar-refractivity contribution in [2.45, 2.75) is 43.9 Å². The van der Waals surface area contributed by atoms with E-state index in [4.69, 9.17) is 16.3 Å². The number of fused-ring (bicyclic) bond motifs is 3. The van der Waals surface area contributed by atoms with E-state index in [9.17, 15) is 4.79 Å². The van der Waals surface area contributed by atoms with Gasteiger partial charge >= 0.3 is 0 Å². The number of hydrogen-bond donors (Lipinski definition) is 0. The predicted molar refractivity (Wildman–Crippen MR) is 75.7 cm³/mol. The molecule has 2 nitrogen and oxygen atoms in total. The first-order chi connectivity index (χ1) is 9.10. The summed E-state index contributed by atoms with van der Waals surface area (Å²) in [5, 5.41) is -0.115. The minimum absolute atomic E-state index is 0.115. The van der Waals surface area contributed by atoms with Gasteiger partial charge in [-0.2, -0.15) is 0 Å². The summed E-state index contributed by atoms with van der Waals surface area (Å²) in [5.74, 6) is 0.900. The number of hydrogen-bond acceptors (Lipinski definition) is 2. The first-order valence-electron chi connectivity index (χ1n) is 6.95. The van der Waals surface area contributed by atoms with E-state index in [2.05, 4.69) is 12.1 Å². The average Bonchev–Trinajstić information content (AvgIpc) is 2.49. The molecule has 4 rings (SSSR count). The van der Waals surface area contributed by atoms with Crippen LogP contribution in [0.3, 0.4) is 0 Å². The first-order valence-corrected chi connectivity index (χ1v) is 7.33. The summed E-state index contributed by atoms with van der Waals surface area (Å²) < 4.78 is 5.22. The van der Waals surface area contributed by atoms with Crippen molar-refractivity contribution in [2.75, 3.05) is 7.11 Å². The minimum atomic E-state index is -0.213. The molecular formula is C16H19ClO2. The van der Waals surface area contributed by atoms with Crippen molar-refractivity contribution < 1.29 is 9.53 Å². The quantitative estimate of drug-likeness (QED) is 0.780. The van der Waals surface area contributed by atoms with E-state index in [1.807, 2.05) is 12.1 Å². The zero-order valence-corrected chi connectivity index (χ0v) is 12.0. The van der Waals surface area contributed by atoms with E-state index in [0.717, 1.165) is 44.3 Å². The molecule has 0 spiro atoms. The van der Waals surface area contributed by atoms with Gasteiger partial charge < -0.3 is 4.74 Å². The highest BCUT2D eigenvalue weighted by molar-refractivity contribution is 6.64. The second kappa shape index (κ2) is 4.52. The lowest BCUT2D eigenvalue weighted by atomic mass is 9.52. The van der Waals surface area contributed by atoms with Crippen LogP contribution in [-0.2, 0) is 10.2 Å². The van der Waals surface area contributed by atoms with E-state index in [1.165, 1.54) is 5.56 Å². The summed E-state index contributed by atoms with van der Waals surface area (Å²) in [7, 11) is 1.69. The first kappa shape index (κ1) is 13.0. The van der Waals surface area contributed by atoms with Crippen LogP contribution in [0, 0.1) is 5.41 Å². The molecule has 0 aromatic heterocycles. The van der Waals surface area contributed by atoms with Gasteiger partial charge in [-0.05, 0) is 73.2 Å². The Labute approximate surface area is 119 Å². The SMILES string of the molecule is COc1ccc(C23CCC(C(=O)Cl)(CC2)CC3)cc1. The molecule has 1 aromatic carbocycles. The topological polar surface area (TPSA) is 26.3 Å². The van der Waals surface area contributed by atoms with Gasteiger partial charge in [-0.15, -0.1) is 0 Å². The van der Waals surface area contributed by atoms with Crippen LogP contribution in [0.2, 0.25) is 0 Å². The van der Waals surface area contributed by atoms with Gasteiger partial charge in [0.25, 0.3) is 0 Å². The molecule has 102 valence electrons. The molecule has 19 heavy (non-hydrogen) atoms. The molecular weight excluding hydrogens is 260 g/mol. The van der Waals surface area contributed by atoms with Crippen LogP contribution in [-0.4, -0.2) is 12.4 Å². The van der Waals surface area contributed by atoms with Crippen LogP contribution >= 0.6 is 11.6 Å². The Hall–Kier alpha value is -1.02. The average molecular weight is 279 g/mol. The molecule has 3 heteroatoms. The molecule has 3 aliphatic carbocycles. The van der Waals surface area contributed by atoms with Crippen molar-refractivity contribution >= 4 is 16.8 Å². The molecule has 2 bridgehead atoms. The van der Waals surface area contributed by atoms with E-state index in [0.29, 0.717) is 0 Å². The van der Waals surface area contributed by atoms with Crippen LogP contribution < -0.4 is 4.74 Å². The maximum Gasteiger partial charge on any atom is 0.227 e. The highest BCUT2D eigenvalue weighted by atomic mass is 35.5. The normalized spacial score (nSPS) is 33.2. The fourth-order valence-corrected chi connectivity index (χ4v) is 4.14. The fourth-order valence-electron chi connectivity index (χ4n) is 3.86. The Morgan fingerprint density at radius 1 is 1.05 bits per heavy atom. The lowest BCUT2D eigenvalue weighted by Crippen LogP contribution is -2.46. The summed E-state index contributed by atoms with van der Waals surface area (Å²) in [6.45, 7) is 0. The van der Waals surface area contributed by atoms with Crippen molar-refractivity contribution in [3.05, 3.63) is 29.8 Å². The van der Waals surface area contributed by atoms with Crippen molar-refractivity contribution in [2.24, 2.45) is 5.41 Å². The van der Waals surface area contributed by atoms with Gasteiger partial charge in [-0.3, -0.25) is 4.79 Å². The van der Waals surface area contributed by atoms with Gasteiger partial charge in [0.1, 0.15) is 5.75 Å². The van der Waals surface area contributed by atoms with E-state index < -0.39 is 0 Å². The Morgan fingerprint density at radius 3 is 2.00 bits per heavy atom. The molecule has 1 aromatic rings. The molecule has 0 amide bonds. The third-order valence-corrected chi connectivity index (χ3v) is 5.77. The number of carbonyl (C=O) groups excluding carboxylic acids is 1. The molecule has 3 fully saturated rings. The molecule has 3 aliphatic rings.